The van der Waals surface area contributed by atoms with Gasteiger partial charge in [-0.05, 0) is 31.2 Å². The fraction of sp³-hybridized carbons (Fsp3) is 0.167. The molecule has 7 heteroatoms. The van der Waals surface area contributed by atoms with Crippen LogP contribution >= 0.6 is 23.1 Å². The van der Waals surface area contributed by atoms with E-state index < -0.39 is 0 Å². The molecule has 0 aliphatic rings. The quantitative estimate of drug-likeness (QED) is 0.651. The summed E-state index contributed by atoms with van der Waals surface area (Å²) in [5, 5.41) is 12.0. The standard InChI is InChI=1S/C18H18N4OS2/c1-13(16(23)22(2)15-11-7-4-8-12-15)24-18-21-20-17(25-18)19-14-9-5-3-6-10-14/h3-13H,1-2H3,(H,19,20). The number of hydrogen-bond acceptors (Lipinski definition) is 6. The molecule has 0 fully saturated rings. The molecule has 1 N–H and O–H groups in total. The molecule has 1 heterocycles. The summed E-state index contributed by atoms with van der Waals surface area (Å²) < 4.78 is 0.765. The molecule has 1 unspecified atom stereocenters. The van der Waals surface area contributed by atoms with E-state index in [4.69, 9.17) is 0 Å². The Bertz CT molecular complexity index is 823. The van der Waals surface area contributed by atoms with Crippen LogP contribution in [0.2, 0.25) is 0 Å². The Kier molecular flexibility index (Phi) is 5.67. The van der Waals surface area contributed by atoms with E-state index >= 15 is 0 Å². The van der Waals surface area contributed by atoms with E-state index in [0.717, 1.165) is 15.7 Å². The molecule has 2 aromatic carbocycles. The van der Waals surface area contributed by atoms with Crippen molar-refractivity contribution in [1.82, 2.24) is 10.2 Å². The van der Waals surface area contributed by atoms with Crippen LogP contribution in [-0.2, 0) is 4.79 Å². The Morgan fingerprint density at radius 2 is 1.72 bits per heavy atom. The van der Waals surface area contributed by atoms with Crippen molar-refractivity contribution < 1.29 is 4.79 Å². The minimum atomic E-state index is -0.247. The Morgan fingerprint density at radius 1 is 1.08 bits per heavy atom. The molecular formula is C18H18N4OS2. The zero-order chi connectivity index (χ0) is 17.6. The van der Waals surface area contributed by atoms with E-state index in [-0.39, 0.29) is 11.2 Å². The number of para-hydroxylation sites is 2. The highest BCUT2D eigenvalue weighted by molar-refractivity contribution is 8.02. The van der Waals surface area contributed by atoms with Crippen LogP contribution in [0.25, 0.3) is 0 Å². The topological polar surface area (TPSA) is 58.1 Å². The summed E-state index contributed by atoms with van der Waals surface area (Å²) in [6, 6.07) is 19.4. The van der Waals surface area contributed by atoms with E-state index in [1.807, 2.05) is 67.6 Å². The maximum atomic E-state index is 12.6. The van der Waals surface area contributed by atoms with Gasteiger partial charge in [0.1, 0.15) is 0 Å². The highest BCUT2D eigenvalue weighted by atomic mass is 32.2. The van der Waals surface area contributed by atoms with Crippen LogP contribution in [0, 0.1) is 0 Å². The maximum Gasteiger partial charge on any atom is 0.240 e. The lowest BCUT2D eigenvalue weighted by molar-refractivity contribution is -0.117. The molecule has 0 bridgehead atoms. The first-order chi connectivity index (χ1) is 12.1. The lowest BCUT2D eigenvalue weighted by atomic mass is 10.3. The number of aromatic nitrogens is 2. The summed E-state index contributed by atoms with van der Waals surface area (Å²) >= 11 is 2.86. The second kappa shape index (κ2) is 8.13. The largest absolute Gasteiger partial charge is 0.330 e. The van der Waals surface area contributed by atoms with Crippen molar-refractivity contribution in [2.24, 2.45) is 0 Å². The van der Waals surface area contributed by atoms with Gasteiger partial charge >= 0.3 is 0 Å². The molecular weight excluding hydrogens is 352 g/mol. The molecule has 25 heavy (non-hydrogen) atoms. The van der Waals surface area contributed by atoms with Crippen LogP contribution < -0.4 is 10.2 Å². The summed E-state index contributed by atoms with van der Waals surface area (Å²) in [7, 11) is 1.79. The van der Waals surface area contributed by atoms with Gasteiger partial charge in [-0.1, -0.05) is 59.5 Å². The van der Waals surface area contributed by atoms with Crippen molar-refractivity contribution in [3.05, 3.63) is 60.7 Å². The summed E-state index contributed by atoms with van der Waals surface area (Å²) in [6.07, 6.45) is 0. The van der Waals surface area contributed by atoms with Gasteiger partial charge in [-0.15, -0.1) is 10.2 Å². The number of nitrogens with one attached hydrogen (secondary N) is 1. The molecule has 0 saturated carbocycles. The lowest BCUT2D eigenvalue weighted by Crippen LogP contribution is -2.33. The van der Waals surface area contributed by atoms with Crippen LogP contribution in [0.1, 0.15) is 6.92 Å². The third-order valence-electron chi connectivity index (χ3n) is 3.53. The van der Waals surface area contributed by atoms with Gasteiger partial charge in [-0.3, -0.25) is 4.79 Å². The molecule has 3 aromatic rings. The normalized spacial score (nSPS) is 11.8. The van der Waals surface area contributed by atoms with Crippen LogP contribution in [0.4, 0.5) is 16.5 Å². The molecule has 1 atom stereocenters. The summed E-state index contributed by atoms with van der Waals surface area (Å²) in [4.78, 5) is 14.3. The maximum absolute atomic E-state index is 12.6. The molecule has 0 aliphatic heterocycles. The number of carbonyl (C=O) groups excluding carboxylic acids is 1. The second-order valence-corrected chi connectivity index (χ2v) is 7.92. The average Bonchev–Trinajstić information content (AvgIpc) is 3.08. The number of anilines is 3. The van der Waals surface area contributed by atoms with Crippen LogP contribution in [-0.4, -0.2) is 28.4 Å². The van der Waals surface area contributed by atoms with E-state index in [2.05, 4.69) is 15.5 Å². The third-order valence-corrected chi connectivity index (χ3v) is 5.54. The van der Waals surface area contributed by atoms with Crippen LogP contribution in [0.5, 0.6) is 0 Å². The third kappa shape index (κ3) is 4.58. The van der Waals surface area contributed by atoms with E-state index in [1.54, 1.807) is 11.9 Å². The van der Waals surface area contributed by atoms with Gasteiger partial charge in [0, 0.05) is 18.4 Å². The van der Waals surface area contributed by atoms with Gasteiger partial charge in [0.15, 0.2) is 4.34 Å². The zero-order valence-electron chi connectivity index (χ0n) is 13.9. The smallest absolute Gasteiger partial charge is 0.240 e. The number of amides is 1. The first-order valence-electron chi connectivity index (χ1n) is 7.78. The summed E-state index contributed by atoms with van der Waals surface area (Å²) in [5.41, 5.74) is 1.84. The first-order valence-corrected chi connectivity index (χ1v) is 9.48. The number of thioether (sulfide) groups is 1. The molecule has 1 aromatic heterocycles. The molecule has 1 amide bonds. The van der Waals surface area contributed by atoms with Gasteiger partial charge in [-0.2, -0.15) is 0 Å². The SMILES string of the molecule is CC(Sc1nnc(Nc2ccccc2)s1)C(=O)N(C)c1ccccc1. The molecule has 0 spiro atoms. The van der Waals surface area contributed by atoms with Gasteiger partial charge in [0.25, 0.3) is 0 Å². The number of hydrogen-bond donors (Lipinski definition) is 1. The van der Waals surface area contributed by atoms with Gasteiger partial charge in [-0.25, -0.2) is 0 Å². The Morgan fingerprint density at radius 3 is 2.40 bits per heavy atom. The van der Waals surface area contributed by atoms with E-state index in [0.29, 0.717) is 5.13 Å². The molecule has 128 valence electrons. The predicted molar refractivity (Wildman–Crippen MR) is 105 cm³/mol. The van der Waals surface area contributed by atoms with Gasteiger partial charge < -0.3 is 10.2 Å². The highest BCUT2D eigenvalue weighted by Gasteiger charge is 2.21. The minimum absolute atomic E-state index is 0.0315. The minimum Gasteiger partial charge on any atom is -0.330 e. The number of rotatable bonds is 6. The van der Waals surface area contributed by atoms with Crippen molar-refractivity contribution in [3.63, 3.8) is 0 Å². The van der Waals surface area contributed by atoms with Crippen LogP contribution in [0.3, 0.4) is 0 Å². The van der Waals surface area contributed by atoms with E-state index in [9.17, 15) is 4.79 Å². The Hall–Kier alpha value is -2.38. The summed E-state index contributed by atoms with van der Waals surface area (Å²) in [5.74, 6) is 0.0315. The fourth-order valence-electron chi connectivity index (χ4n) is 2.21. The average molecular weight is 371 g/mol. The number of carbonyl (C=O) groups is 1. The molecule has 5 nitrogen and oxygen atoms in total. The molecule has 0 saturated heterocycles. The van der Waals surface area contributed by atoms with E-state index in [1.165, 1.54) is 23.1 Å². The van der Waals surface area contributed by atoms with Gasteiger partial charge in [0.2, 0.25) is 11.0 Å². The predicted octanol–water partition coefficient (Wildman–Crippen LogP) is 4.43. The lowest BCUT2D eigenvalue weighted by Gasteiger charge is -2.20. The second-order valence-electron chi connectivity index (χ2n) is 5.36. The van der Waals surface area contributed by atoms with Crippen molar-refractivity contribution in [1.29, 1.82) is 0 Å². The zero-order valence-corrected chi connectivity index (χ0v) is 15.6. The van der Waals surface area contributed by atoms with Crippen molar-refractivity contribution in [2.75, 3.05) is 17.3 Å². The summed E-state index contributed by atoms with van der Waals surface area (Å²) in [6.45, 7) is 1.89. The molecule has 0 radical (unpaired) electrons. The Labute approximate surface area is 155 Å². The van der Waals surface area contributed by atoms with Crippen molar-refractivity contribution >= 4 is 45.5 Å². The number of benzene rings is 2. The number of nitrogens with zero attached hydrogens (tertiary/aromatic N) is 3. The first kappa shape index (κ1) is 17.4. The monoisotopic (exact) mass is 370 g/mol. The van der Waals surface area contributed by atoms with Crippen molar-refractivity contribution in [2.45, 2.75) is 16.5 Å². The molecule has 0 aliphatic carbocycles. The fourth-order valence-corrected chi connectivity index (χ4v) is 4.22. The van der Waals surface area contributed by atoms with Crippen LogP contribution in [0.15, 0.2) is 65.0 Å². The highest BCUT2D eigenvalue weighted by Crippen LogP contribution is 2.31. The Balaban J connectivity index is 1.61. The van der Waals surface area contributed by atoms with Crippen molar-refractivity contribution in [3.8, 4) is 0 Å². The molecule has 3 rings (SSSR count). The van der Waals surface area contributed by atoms with Gasteiger partial charge in [0.05, 0.1) is 5.25 Å².